The molecule has 2 heterocycles. The van der Waals surface area contributed by atoms with Gasteiger partial charge in [0.25, 0.3) is 0 Å². The predicted octanol–water partition coefficient (Wildman–Crippen LogP) is 6.50. The number of hydrogen-bond donors (Lipinski definition) is 1. The van der Waals surface area contributed by atoms with Crippen LogP contribution in [0.3, 0.4) is 0 Å². The summed E-state index contributed by atoms with van der Waals surface area (Å²) in [5.41, 5.74) is 2.78. The van der Waals surface area contributed by atoms with E-state index in [9.17, 15) is 5.26 Å². The standard InChI is InChI=1S/C32H36N2O/c1-24-19-29-20-26(30(31(24)34-29)17-18-35-22-25-11-5-2-6-12-25)21-32(23-33,27-13-7-3-8-14-27)28-15-9-4-10-16-28/h2-16,24,26,29-31,34H,17-22H2,1H3/t24?,26?,29-,30?,31+/m0/s1. The van der Waals surface area contributed by atoms with Gasteiger partial charge in [-0.25, -0.2) is 0 Å². The average Bonchev–Trinajstić information content (AvgIpc) is 3.22. The van der Waals surface area contributed by atoms with E-state index in [0.29, 0.717) is 36.4 Å². The third-order valence-electron chi connectivity index (χ3n) is 8.35. The summed E-state index contributed by atoms with van der Waals surface area (Å²) in [5.74, 6) is 1.63. The fourth-order valence-corrected chi connectivity index (χ4v) is 6.69. The molecule has 5 rings (SSSR count). The molecule has 2 saturated heterocycles. The Morgan fingerprint density at radius 3 is 2.09 bits per heavy atom. The van der Waals surface area contributed by atoms with Gasteiger partial charge in [0.05, 0.1) is 12.7 Å². The Labute approximate surface area is 210 Å². The van der Waals surface area contributed by atoms with Crippen LogP contribution in [0.15, 0.2) is 91.0 Å². The maximum Gasteiger partial charge on any atom is 0.107 e. The van der Waals surface area contributed by atoms with Gasteiger partial charge in [-0.2, -0.15) is 5.26 Å². The van der Waals surface area contributed by atoms with E-state index < -0.39 is 5.41 Å². The highest BCUT2D eigenvalue weighted by Crippen LogP contribution is 2.47. The second-order valence-electron chi connectivity index (χ2n) is 10.5. The molecule has 0 radical (unpaired) electrons. The summed E-state index contributed by atoms with van der Waals surface area (Å²) in [5, 5.41) is 14.7. The van der Waals surface area contributed by atoms with Crippen molar-refractivity contribution in [3.63, 3.8) is 0 Å². The normalized spacial score (nSPS) is 25.8. The summed E-state index contributed by atoms with van der Waals surface area (Å²) >= 11 is 0. The number of benzene rings is 3. The highest BCUT2D eigenvalue weighted by molar-refractivity contribution is 5.46. The Hall–Kier alpha value is -2.93. The summed E-state index contributed by atoms with van der Waals surface area (Å²) in [6.07, 6.45) is 4.24. The highest BCUT2D eigenvalue weighted by atomic mass is 16.5. The molecule has 0 aliphatic carbocycles. The number of fused-ring (bicyclic) bond motifs is 2. The summed E-state index contributed by atoms with van der Waals surface area (Å²) in [7, 11) is 0. The molecule has 2 fully saturated rings. The van der Waals surface area contributed by atoms with Crippen LogP contribution in [0, 0.1) is 29.1 Å². The summed E-state index contributed by atoms with van der Waals surface area (Å²) < 4.78 is 6.15. The number of hydrogen-bond acceptors (Lipinski definition) is 3. The first-order chi connectivity index (χ1) is 17.2. The van der Waals surface area contributed by atoms with E-state index in [-0.39, 0.29) is 0 Å². The van der Waals surface area contributed by atoms with Crippen molar-refractivity contribution >= 4 is 0 Å². The molecule has 2 bridgehead atoms. The van der Waals surface area contributed by atoms with Crippen LogP contribution in [0.25, 0.3) is 0 Å². The number of nitrogens with zero attached hydrogens (tertiary/aromatic N) is 1. The third-order valence-corrected chi connectivity index (χ3v) is 8.35. The van der Waals surface area contributed by atoms with Gasteiger partial charge in [-0.1, -0.05) is 97.9 Å². The van der Waals surface area contributed by atoms with Crippen molar-refractivity contribution in [2.75, 3.05) is 6.61 Å². The Morgan fingerprint density at radius 1 is 0.886 bits per heavy atom. The van der Waals surface area contributed by atoms with Crippen LogP contribution in [-0.2, 0) is 16.8 Å². The largest absolute Gasteiger partial charge is 0.377 e. The Kier molecular flexibility index (Phi) is 7.32. The number of nitriles is 1. The molecule has 0 amide bonds. The topological polar surface area (TPSA) is 45.0 Å². The predicted molar refractivity (Wildman–Crippen MR) is 141 cm³/mol. The molecule has 180 valence electrons. The number of ether oxygens (including phenoxy) is 1. The third kappa shape index (κ3) is 5.06. The number of rotatable bonds is 9. The highest BCUT2D eigenvalue weighted by Gasteiger charge is 2.48. The Bertz CT molecular complexity index is 1070. The molecule has 0 spiro atoms. The molecule has 3 aromatic rings. The molecule has 35 heavy (non-hydrogen) atoms. The van der Waals surface area contributed by atoms with E-state index in [4.69, 9.17) is 4.74 Å². The van der Waals surface area contributed by atoms with E-state index in [0.717, 1.165) is 37.0 Å². The van der Waals surface area contributed by atoms with Gasteiger partial charge in [0.15, 0.2) is 0 Å². The lowest BCUT2D eigenvalue weighted by atomic mass is 9.64. The van der Waals surface area contributed by atoms with Crippen molar-refractivity contribution in [1.29, 1.82) is 5.26 Å². The van der Waals surface area contributed by atoms with Crippen molar-refractivity contribution in [2.45, 2.75) is 56.7 Å². The van der Waals surface area contributed by atoms with Gasteiger partial charge >= 0.3 is 0 Å². The van der Waals surface area contributed by atoms with Crippen LogP contribution in [0.1, 0.15) is 49.3 Å². The van der Waals surface area contributed by atoms with E-state index in [1.807, 2.05) is 18.2 Å². The minimum atomic E-state index is -0.643. The lowest BCUT2D eigenvalue weighted by molar-refractivity contribution is 0.0707. The molecular formula is C32H36N2O. The Morgan fingerprint density at radius 2 is 1.49 bits per heavy atom. The van der Waals surface area contributed by atoms with Crippen molar-refractivity contribution in [1.82, 2.24) is 5.32 Å². The maximum absolute atomic E-state index is 10.7. The zero-order valence-corrected chi connectivity index (χ0v) is 20.6. The van der Waals surface area contributed by atoms with Gasteiger partial charge in [-0.05, 0) is 60.1 Å². The minimum Gasteiger partial charge on any atom is -0.377 e. The average molecular weight is 465 g/mol. The van der Waals surface area contributed by atoms with Gasteiger partial charge in [0, 0.05) is 18.7 Å². The monoisotopic (exact) mass is 464 g/mol. The lowest BCUT2D eigenvalue weighted by Gasteiger charge is -2.42. The fourth-order valence-electron chi connectivity index (χ4n) is 6.69. The van der Waals surface area contributed by atoms with Crippen molar-refractivity contribution in [2.24, 2.45) is 17.8 Å². The van der Waals surface area contributed by atoms with Crippen LogP contribution in [-0.4, -0.2) is 18.7 Å². The first-order valence-electron chi connectivity index (χ1n) is 13.1. The fraction of sp³-hybridized carbons (Fsp3) is 0.406. The molecule has 3 aromatic carbocycles. The van der Waals surface area contributed by atoms with Gasteiger partial charge in [-0.15, -0.1) is 0 Å². The van der Waals surface area contributed by atoms with Crippen molar-refractivity contribution < 1.29 is 4.74 Å². The van der Waals surface area contributed by atoms with Crippen molar-refractivity contribution in [3.8, 4) is 6.07 Å². The minimum absolute atomic E-state index is 0.469. The van der Waals surface area contributed by atoms with Crippen LogP contribution >= 0.6 is 0 Å². The van der Waals surface area contributed by atoms with E-state index in [1.165, 1.54) is 12.0 Å². The molecule has 0 aromatic heterocycles. The molecule has 3 unspecified atom stereocenters. The van der Waals surface area contributed by atoms with Gasteiger partial charge in [-0.3, -0.25) is 0 Å². The first kappa shape index (κ1) is 23.8. The van der Waals surface area contributed by atoms with Gasteiger partial charge < -0.3 is 10.1 Å². The second kappa shape index (κ2) is 10.8. The lowest BCUT2D eigenvalue weighted by Crippen LogP contribution is -2.49. The van der Waals surface area contributed by atoms with Crippen LogP contribution < -0.4 is 5.32 Å². The van der Waals surface area contributed by atoms with Crippen LogP contribution in [0.2, 0.25) is 0 Å². The number of piperidine rings is 1. The van der Waals surface area contributed by atoms with Crippen LogP contribution in [0.5, 0.6) is 0 Å². The first-order valence-corrected chi connectivity index (χ1v) is 13.1. The zero-order chi connectivity index (χ0) is 24.1. The molecule has 2 aliphatic heterocycles. The second-order valence-corrected chi connectivity index (χ2v) is 10.5. The molecular weight excluding hydrogens is 428 g/mol. The summed E-state index contributed by atoms with van der Waals surface area (Å²) in [6.45, 7) is 3.80. The van der Waals surface area contributed by atoms with Crippen molar-refractivity contribution in [3.05, 3.63) is 108 Å². The summed E-state index contributed by atoms with van der Waals surface area (Å²) in [4.78, 5) is 0. The van der Waals surface area contributed by atoms with E-state index in [1.54, 1.807) is 0 Å². The van der Waals surface area contributed by atoms with E-state index >= 15 is 0 Å². The number of nitrogens with one attached hydrogen (secondary N) is 1. The van der Waals surface area contributed by atoms with Gasteiger partial charge in [0.2, 0.25) is 0 Å². The molecule has 5 atom stereocenters. The Balaban J connectivity index is 1.39. The van der Waals surface area contributed by atoms with Gasteiger partial charge in [0.1, 0.15) is 5.41 Å². The molecule has 0 saturated carbocycles. The zero-order valence-electron chi connectivity index (χ0n) is 20.6. The molecule has 3 heteroatoms. The van der Waals surface area contributed by atoms with E-state index in [2.05, 4.69) is 91.1 Å². The SMILES string of the molecule is CC1C[C@H]2CC(CC(C#N)(c3ccccc3)c3ccccc3)C(CCOCc3ccccc3)[C@@H]1N2. The van der Waals surface area contributed by atoms with Crippen LogP contribution in [0.4, 0.5) is 0 Å². The smallest absolute Gasteiger partial charge is 0.107 e. The maximum atomic E-state index is 10.7. The molecule has 1 N–H and O–H groups in total. The summed E-state index contributed by atoms with van der Waals surface area (Å²) in [6, 6.07) is 35.1. The quantitative estimate of drug-likeness (QED) is 0.368. The molecule has 3 nitrogen and oxygen atoms in total. The molecule has 2 aliphatic rings.